The number of phenols is 1. The number of nitrogens with zero attached hydrogens (tertiary/aromatic N) is 1. The predicted octanol–water partition coefficient (Wildman–Crippen LogP) is 3.34. The molecule has 2 unspecified atom stereocenters. The Balaban J connectivity index is 1.56. The Morgan fingerprint density at radius 1 is 1.04 bits per heavy atom. The number of benzene rings is 2. The van der Waals surface area contributed by atoms with Crippen molar-refractivity contribution in [2.75, 3.05) is 6.54 Å². The van der Waals surface area contributed by atoms with E-state index in [0.717, 1.165) is 31.4 Å². The number of rotatable bonds is 2. The van der Waals surface area contributed by atoms with Gasteiger partial charge >= 0.3 is 0 Å². The van der Waals surface area contributed by atoms with Gasteiger partial charge < -0.3 is 10.0 Å². The van der Waals surface area contributed by atoms with Gasteiger partial charge in [-0.25, -0.2) is 0 Å². The van der Waals surface area contributed by atoms with Crippen LogP contribution in [0.5, 0.6) is 5.75 Å². The summed E-state index contributed by atoms with van der Waals surface area (Å²) in [7, 11) is 0. The number of aromatic hydroxyl groups is 1. The Labute approximate surface area is 142 Å². The molecule has 2 bridgehead atoms. The van der Waals surface area contributed by atoms with E-state index in [1.807, 2.05) is 42.5 Å². The fourth-order valence-corrected chi connectivity index (χ4v) is 4.23. The molecule has 1 aliphatic carbocycles. The second-order valence-corrected chi connectivity index (χ2v) is 7.17. The van der Waals surface area contributed by atoms with Gasteiger partial charge in [0.05, 0.1) is 6.42 Å². The first-order valence-corrected chi connectivity index (χ1v) is 8.83. The SMILES string of the molecule is O=C(Cc1ccccc1)N1CC2CCC1Cc1ccc(O)cc1C2. The number of piperidine rings is 1. The van der Waals surface area contributed by atoms with E-state index in [9.17, 15) is 9.90 Å². The molecule has 24 heavy (non-hydrogen) atoms. The average Bonchev–Trinajstić information content (AvgIpc) is 2.56. The molecule has 0 spiro atoms. The summed E-state index contributed by atoms with van der Waals surface area (Å²) in [5.74, 6) is 1.10. The zero-order chi connectivity index (χ0) is 16.5. The first-order chi connectivity index (χ1) is 11.7. The van der Waals surface area contributed by atoms with Crippen LogP contribution in [0.4, 0.5) is 0 Å². The number of hydrogen-bond donors (Lipinski definition) is 1. The van der Waals surface area contributed by atoms with E-state index >= 15 is 0 Å². The highest BCUT2D eigenvalue weighted by molar-refractivity contribution is 5.79. The number of amides is 1. The standard InChI is InChI=1S/C21H23NO2/c23-20-9-7-17-12-19-8-6-16(10-18(17)13-20)14-22(19)21(24)11-15-4-2-1-3-5-15/h1-5,7,9,13,16,19,23H,6,8,10-12,14H2. The van der Waals surface area contributed by atoms with E-state index < -0.39 is 0 Å². The van der Waals surface area contributed by atoms with Crippen molar-refractivity contribution in [2.24, 2.45) is 5.92 Å². The first kappa shape index (κ1) is 15.3. The van der Waals surface area contributed by atoms with Crippen molar-refractivity contribution in [3.8, 4) is 5.75 Å². The minimum absolute atomic E-state index is 0.248. The van der Waals surface area contributed by atoms with Crippen LogP contribution in [0.1, 0.15) is 29.5 Å². The maximum Gasteiger partial charge on any atom is 0.227 e. The molecule has 2 aromatic rings. The third-order valence-electron chi connectivity index (χ3n) is 5.48. The van der Waals surface area contributed by atoms with Gasteiger partial charge in [-0.15, -0.1) is 0 Å². The Hall–Kier alpha value is -2.29. The van der Waals surface area contributed by atoms with Crippen LogP contribution in [-0.4, -0.2) is 28.5 Å². The van der Waals surface area contributed by atoms with Crippen LogP contribution in [0.3, 0.4) is 0 Å². The van der Waals surface area contributed by atoms with Crippen LogP contribution >= 0.6 is 0 Å². The summed E-state index contributed by atoms with van der Waals surface area (Å²) in [6.07, 6.45) is 4.63. The number of carbonyl (C=O) groups is 1. The molecule has 2 aliphatic heterocycles. The lowest BCUT2D eigenvalue weighted by atomic mass is 9.80. The number of fused-ring (bicyclic) bond motifs is 2. The molecule has 1 saturated heterocycles. The second kappa shape index (κ2) is 6.31. The maximum absolute atomic E-state index is 12.9. The highest BCUT2D eigenvalue weighted by atomic mass is 16.3. The van der Waals surface area contributed by atoms with Gasteiger partial charge in [-0.3, -0.25) is 4.79 Å². The molecule has 2 atom stereocenters. The van der Waals surface area contributed by atoms with Gasteiger partial charge in [0, 0.05) is 12.6 Å². The van der Waals surface area contributed by atoms with Gasteiger partial charge in [0.25, 0.3) is 0 Å². The molecule has 5 rings (SSSR count). The van der Waals surface area contributed by atoms with Crippen LogP contribution in [0.25, 0.3) is 0 Å². The fraction of sp³-hybridized carbons (Fsp3) is 0.381. The lowest BCUT2D eigenvalue weighted by Gasteiger charge is -2.42. The summed E-state index contributed by atoms with van der Waals surface area (Å²) in [6, 6.07) is 16.0. The van der Waals surface area contributed by atoms with Gasteiger partial charge in [0.1, 0.15) is 5.75 Å². The highest BCUT2D eigenvalue weighted by Gasteiger charge is 2.34. The Kier molecular flexibility index (Phi) is 4.01. The molecule has 2 heterocycles. The van der Waals surface area contributed by atoms with Crippen molar-refractivity contribution in [2.45, 2.75) is 38.1 Å². The van der Waals surface area contributed by atoms with Crippen LogP contribution in [0.15, 0.2) is 48.5 Å². The summed E-state index contributed by atoms with van der Waals surface area (Å²) in [4.78, 5) is 15.0. The van der Waals surface area contributed by atoms with Crippen molar-refractivity contribution in [3.05, 3.63) is 65.2 Å². The lowest BCUT2D eigenvalue weighted by Crippen LogP contribution is -2.50. The third-order valence-corrected chi connectivity index (χ3v) is 5.48. The molecule has 2 aromatic carbocycles. The number of phenolic OH excluding ortho intramolecular Hbond substituents is 1. The zero-order valence-electron chi connectivity index (χ0n) is 13.8. The van der Waals surface area contributed by atoms with Gasteiger partial charge in [0.2, 0.25) is 5.91 Å². The molecule has 3 nitrogen and oxygen atoms in total. The fourth-order valence-electron chi connectivity index (χ4n) is 4.23. The zero-order valence-corrected chi connectivity index (χ0v) is 13.8. The third kappa shape index (κ3) is 3.03. The molecule has 0 aromatic heterocycles. The molecule has 0 saturated carbocycles. The number of carbonyl (C=O) groups excluding carboxylic acids is 1. The second-order valence-electron chi connectivity index (χ2n) is 7.17. The summed E-state index contributed by atoms with van der Waals surface area (Å²) >= 11 is 0. The van der Waals surface area contributed by atoms with Crippen molar-refractivity contribution >= 4 is 5.91 Å². The monoisotopic (exact) mass is 321 g/mol. The summed E-state index contributed by atoms with van der Waals surface area (Å²) in [5, 5.41) is 9.76. The Morgan fingerprint density at radius 3 is 2.71 bits per heavy atom. The normalized spacial score (nSPS) is 22.6. The van der Waals surface area contributed by atoms with Crippen molar-refractivity contribution in [1.82, 2.24) is 4.90 Å². The average molecular weight is 321 g/mol. The van der Waals surface area contributed by atoms with Gasteiger partial charge in [-0.2, -0.15) is 0 Å². The number of hydrogen-bond acceptors (Lipinski definition) is 2. The smallest absolute Gasteiger partial charge is 0.227 e. The molecule has 1 amide bonds. The topological polar surface area (TPSA) is 40.5 Å². The Morgan fingerprint density at radius 2 is 1.88 bits per heavy atom. The van der Waals surface area contributed by atoms with Crippen LogP contribution in [-0.2, 0) is 24.1 Å². The molecular weight excluding hydrogens is 298 g/mol. The van der Waals surface area contributed by atoms with E-state index in [0.29, 0.717) is 24.1 Å². The van der Waals surface area contributed by atoms with Crippen molar-refractivity contribution in [3.63, 3.8) is 0 Å². The van der Waals surface area contributed by atoms with E-state index in [1.54, 1.807) is 6.07 Å². The van der Waals surface area contributed by atoms with Crippen LogP contribution in [0, 0.1) is 5.92 Å². The van der Waals surface area contributed by atoms with Gasteiger partial charge in [-0.05, 0) is 60.4 Å². The van der Waals surface area contributed by atoms with Crippen molar-refractivity contribution < 1.29 is 9.90 Å². The summed E-state index contributed by atoms with van der Waals surface area (Å²) in [5.41, 5.74) is 3.64. The minimum Gasteiger partial charge on any atom is -0.508 e. The highest BCUT2D eigenvalue weighted by Crippen LogP contribution is 2.33. The van der Waals surface area contributed by atoms with Crippen molar-refractivity contribution in [1.29, 1.82) is 0 Å². The first-order valence-electron chi connectivity index (χ1n) is 8.83. The summed E-state index contributed by atoms with van der Waals surface area (Å²) in [6.45, 7) is 0.853. The summed E-state index contributed by atoms with van der Waals surface area (Å²) < 4.78 is 0. The molecule has 3 aliphatic rings. The maximum atomic E-state index is 12.9. The molecule has 3 heteroatoms. The van der Waals surface area contributed by atoms with E-state index in [-0.39, 0.29) is 5.91 Å². The molecule has 0 radical (unpaired) electrons. The largest absolute Gasteiger partial charge is 0.508 e. The van der Waals surface area contributed by atoms with Gasteiger partial charge in [-0.1, -0.05) is 36.4 Å². The van der Waals surface area contributed by atoms with Crippen LogP contribution in [0.2, 0.25) is 0 Å². The minimum atomic E-state index is 0.248. The van der Waals surface area contributed by atoms with Gasteiger partial charge in [0.15, 0.2) is 0 Å². The van der Waals surface area contributed by atoms with E-state index in [1.165, 1.54) is 17.5 Å². The van der Waals surface area contributed by atoms with E-state index in [4.69, 9.17) is 0 Å². The van der Waals surface area contributed by atoms with Crippen LogP contribution < -0.4 is 0 Å². The molecule has 1 fully saturated rings. The lowest BCUT2D eigenvalue weighted by molar-refractivity contribution is -0.135. The molecule has 124 valence electrons. The molecule has 1 N–H and O–H groups in total. The quantitative estimate of drug-likeness (QED) is 0.921. The van der Waals surface area contributed by atoms with E-state index in [2.05, 4.69) is 4.90 Å². The molecular formula is C21H23NO2. The predicted molar refractivity (Wildman–Crippen MR) is 93.9 cm³/mol. The Bertz CT molecular complexity index is 741.